The molecule has 0 unspecified atom stereocenters. The summed E-state index contributed by atoms with van der Waals surface area (Å²) < 4.78 is 12.8. The summed E-state index contributed by atoms with van der Waals surface area (Å²) in [6.07, 6.45) is 3.67. The van der Waals surface area contributed by atoms with Crippen molar-refractivity contribution in [1.82, 2.24) is 4.57 Å². The molecular weight excluding hydrogens is 334 g/mol. The van der Waals surface area contributed by atoms with Crippen molar-refractivity contribution >= 4 is 28.7 Å². The Balaban J connectivity index is 1.67. The zero-order valence-corrected chi connectivity index (χ0v) is 13.9. The van der Waals surface area contributed by atoms with E-state index in [4.69, 9.17) is 14.6 Å². The highest BCUT2D eigenvalue weighted by Crippen LogP contribution is 2.35. The Labute approximate surface area is 148 Å². The van der Waals surface area contributed by atoms with Crippen LogP contribution in [0.3, 0.4) is 0 Å². The highest BCUT2D eigenvalue weighted by Gasteiger charge is 2.28. The van der Waals surface area contributed by atoms with Crippen molar-refractivity contribution in [3.05, 3.63) is 65.5 Å². The van der Waals surface area contributed by atoms with Crippen LogP contribution in [0.1, 0.15) is 15.9 Å². The van der Waals surface area contributed by atoms with Crippen molar-refractivity contribution in [2.75, 3.05) is 6.61 Å². The maximum atomic E-state index is 12.6. The third-order valence-electron chi connectivity index (χ3n) is 4.22. The maximum absolute atomic E-state index is 12.6. The minimum absolute atomic E-state index is 0.210. The summed E-state index contributed by atoms with van der Waals surface area (Å²) in [5.74, 6) is -0.349. The van der Waals surface area contributed by atoms with Gasteiger partial charge >= 0.3 is 5.97 Å². The summed E-state index contributed by atoms with van der Waals surface area (Å²) in [5, 5.41) is 9.71. The fourth-order valence-corrected chi connectivity index (χ4v) is 3.03. The van der Waals surface area contributed by atoms with E-state index in [1.165, 1.54) is 6.07 Å². The van der Waals surface area contributed by atoms with Gasteiger partial charge in [0, 0.05) is 35.8 Å². The van der Waals surface area contributed by atoms with Gasteiger partial charge in [-0.3, -0.25) is 4.79 Å². The largest absolute Gasteiger partial charge is 0.482 e. The van der Waals surface area contributed by atoms with Crippen LogP contribution in [0.4, 0.5) is 0 Å². The third-order valence-corrected chi connectivity index (χ3v) is 4.22. The molecule has 130 valence electrons. The molecule has 6 heteroatoms. The molecule has 1 aromatic heterocycles. The maximum Gasteiger partial charge on any atom is 0.341 e. The molecule has 3 aromatic rings. The average Bonchev–Trinajstić information content (AvgIpc) is 3.11. The molecule has 6 nitrogen and oxygen atoms in total. The van der Waals surface area contributed by atoms with Gasteiger partial charge in [0.25, 0.3) is 0 Å². The van der Waals surface area contributed by atoms with Gasteiger partial charge in [-0.1, -0.05) is 18.2 Å². The number of benzene rings is 2. The smallest absolute Gasteiger partial charge is 0.341 e. The lowest BCUT2D eigenvalue weighted by atomic mass is 10.1. The quantitative estimate of drug-likeness (QED) is 0.732. The van der Waals surface area contributed by atoms with Gasteiger partial charge in [0.1, 0.15) is 11.5 Å². The second-order valence-electron chi connectivity index (χ2n) is 5.99. The second-order valence-corrected chi connectivity index (χ2v) is 5.99. The average molecular weight is 349 g/mol. The number of ether oxygens (including phenoxy) is 2. The minimum Gasteiger partial charge on any atom is -0.482 e. The van der Waals surface area contributed by atoms with Crippen LogP contribution in [-0.4, -0.2) is 28.0 Å². The van der Waals surface area contributed by atoms with Crippen LogP contribution < -0.4 is 9.47 Å². The number of hydrogen-bond acceptors (Lipinski definition) is 4. The first kappa shape index (κ1) is 16.0. The Morgan fingerprint density at radius 3 is 2.88 bits per heavy atom. The standard InChI is InChI=1S/C20H15NO5/c1-21-10-12(14-4-2-3-5-16(14)21)8-18-20(24)15-7-6-13(9-17(15)26-18)25-11-19(22)23/h2-10H,11H2,1H3,(H,22,23). The van der Waals surface area contributed by atoms with Crippen LogP contribution in [0, 0.1) is 0 Å². The Morgan fingerprint density at radius 2 is 2.08 bits per heavy atom. The molecule has 0 saturated carbocycles. The number of ketones is 1. The highest BCUT2D eigenvalue weighted by atomic mass is 16.5. The van der Waals surface area contributed by atoms with Gasteiger partial charge in [-0.15, -0.1) is 0 Å². The number of hydrogen-bond donors (Lipinski definition) is 1. The van der Waals surface area contributed by atoms with E-state index in [0.717, 1.165) is 16.5 Å². The van der Waals surface area contributed by atoms with Crippen LogP contribution in [0.15, 0.2) is 54.4 Å². The van der Waals surface area contributed by atoms with Crippen molar-refractivity contribution < 1.29 is 24.2 Å². The van der Waals surface area contributed by atoms with Crippen molar-refractivity contribution in [2.45, 2.75) is 0 Å². The van der Waals surface area contributed by atoms with E-state index in [1.807, 2.05) is 42.1 Å². The SMILES string of the molecule is Cn1cc(C=C2Oc3cc(OCC(=O)O)ccc3C2=O)c2ccccc21. The van der Waals surface area contributed by atoms with Crippen molar-refractivity contribution in [2.24, 2.45) is 7.05 Å². The molecule has 0 atom stereocenters. The number of carboxylic acid groups (broad SMARTS) is 1. The summed E-state index contributed by atoms with van der Waals surface area (Å²) in [7, 11) is 1.95. The molecular formula is C20H15NO5. The second kappa shape index (κ2) is 6.07. The molecule has 0 bridgehead atoms. The fourth-order valence-electron chi connectivity index (χ4n) is 3.03. The number of fused-ring (bicyclic) bond motifs is 2. The van der Waals surface area contributed by atoms with E-state index >= 15 is 0 Å². The first-order valence-corrected chi connectivity index (χ1v) is 8.00. The first-order chi connectivity index (χ1) is 12.5. The van der Waals surface area contributed by atoms with E-state index in [2.05, 4.69) is 0 Å². The molecule has 2 heterocycles. The van der Waals surface area contributed by atoms with Gasteiger partial charge in [-0.05, 0) is 24.3 Å². The zero-order chi connectivity index (χ0) is 18.3. The van der Waals surface area contributed by atoms with E-state index < -0.39 is 12.6 Å². The highest BCUT2D eigenvalue weighted by molar-refractivity contribution is 6.15. The molecule has 4 rings (SSSR count). The lowest BCUT2D eigenvalue weighted by molar-refractivity contribution is -0.139. The Hall–Kier alpha value is -3.54. The Morgan fingerprint density at radius 1 is 1.27 bits per heavy atom. The molecule has 0 aliphatic carbocycles. The predicted molar refractivity (Wildman–Crippen MR) is 95.4 cm³/mol. The third kappa shape index (κ3) is 2.71. The monoisotopic (exact) mass is 349 g/mol. The molecule has 2 aromatic carbocycles. The number of para-hydroxylation sites is 1. The summed E-state index contributed by atoms with van der Waals surface area (Å²) in [6, 6.07) is 12.6. The molecule has 0 saturated heterocycles. The van der Waals surface area contributed by atoms with Crippen molar-refractivity contribution in [3.63, 3.8) is 0 Å². The number of rotatable bonds is 4. The number of carboxylic acids is 1. The van der Waals surface area contributed by atoms with Gasteiger partial charge in [-0.2, -0.15) is 0 Å². The van der Waals surface area contributed by atoms with Gasteiger partial charge in [0.2, 0.25) is 5.78 Å². The number of aromatic nitrogens is 1. The Bertz CT molecular complexity index is 1080. The van der Waals surface area contributed by atoms with Crippen molar-refractivity contribution in [1.29, 1.82) is 0 Å². The normalized spacial score (nSPS) is 14.5. The lowest BCUT2D eigenvalue weighted by Crippen LogP contribution is -2.09. The minimum atomic E-state index is -1.07. The molecule has 0 spiro atoms. The van der Waals surface area contributed by atoms with Crippen LogP contribution >= 0.6 is 0 Å². The number of Topliss-reactive ketones (excluding diaryl/α,β-unsaturated/α-hetero) is 1. The van der Waals surface area contributed by atoms with Gasteiger partial charge in [0.15, 0.2) is 12.4 Å². The van der Waals surface area contributed by atoms with Gasteiger partial charge in [-0.25, -0.2) is 4.79 Å². The molecule has 26 heavy (non-hydrogen) atoms. The Kier molecular flexibility index (Phi) is 3.73. The van der Waals surface area contributed by atoms with Crippen LogP contribution in [0.2, 0.25) is 0 Å². The van der Waals surface area contributed by atoms with E-state index in [-0.39, 0.29) is 11.5 Å². The molecule has 1 N–H and O–H groups in total. The van der Waals surface area contributed by atoms with E-state index in [1.54, 1.807) is 18.2 Å². The van der Waals surface area contributed by atoms with E-state index in [9.17, 15) is 9.59 Å². The van der Waals surface area contributed by atoms with Gasteiger partial charge < -0.3 is 19.1 Å². The summed E-state index contributed by atoms with van der Waals surface area (Å²) in [6.45, 7) is -0.453. The first-order valence-electron chi connectivity index (χ1n) is 8.00. The lowest BCUT2D eigenvalue weighted by Gasteiger charge is -2.04. The number of allylic oxidation sites excluding steroid dienone is 1. The predicted octanol–water partition coefficient (Wildman–Crippen LogP) is 3.26. The van der Waals surface area contributed by atoms with E-state index in [0.29, 0.717) is 17.1 Å². The molecule has 1 aliphatic heterocycles. The van der Waals surface area contributed by atoms with Gasteiger partial charge in [0.05, 0.1) is 5.56 Å². The zero-order valence-electron chi connectivity index (χ0n) is 13.9. The fraction of sp³-hybridized carbons (Fsp3) is 0.100. The molecule has 0 fully saturated rings. The summed E-state index contributed by atoms with van der Waals surface area (Å²) >= 11 is 0. The molecule has 0 radical (unpaired) electrons. The number of nitrogens with zero attached hydrogens (tertiary/aromatic N) is 1. The molecule has 1 aliphatic rings. The molecule has 0 amide bonds. The number of aliphatic carboxylic acids is 1. The summed E-state index contributed by atoms with van der Waals surface area (Å²) in [5.41, 5.74) is 2.38. The van der Waals surface area contributed by atoms with Crippen LogP contribution in [0.25, 0.3) is 17.0 Å². The summed E-state index contributed by atoms with van der Waals surface area (Å²) in [4.78, 5) is 23.2. The van der Waals surface area contributed by atoms with Crippen LogP contribution in [0.5, 0.6) is 11.5 Å². The number of aryl methyl sites for hydroxylation is 1. The number of carbonyl (C=O) groups excluding carboxylic acids is 1. The topological polar surface area (TPSA) is 77.8 Å². The number of carbonyl (C=O) groups is 2. The van der Waals surface area contributed by atoms with Crippen LogP contribution in [-0.2, 0) is 11.8 Å². The van der Waals surface area contributed by atoms with Crippen molar-refractivity contribution in [3.8, 4) is 11.5 Å².